The summed E-state index contributed by atoms with van der Waals surface area (Å²) >= 11 is 0. The molecule has 0 atom stereocenters. The maximum Gasteiger partial charge on any atom is 0.277 e. The maximum atomic E-state index is 11.8. The van der Waals surface area contributed by atoms with Gasteiger partial charge >= 0.3 is 0 Å². The Morgan fingerprint density at radius 1 is 1.53 bits per heavy atom. The molecule has 0 unspecified atom stereocenters. The lowest BCUT2D eigenvalue weighted by Crippen LogP contribution is -2.28. The number of hydrogen-bond donors (Lipinski definition) is 1. The minimum absolute atomic E-state index is 0.112. The van der Waals surface area contributed by atoms with Crippen molar-refractivity contribution >= 4 is 11.4 Å². The highest BCUT2D eigenvalue weighted by molar-refractivity contribution is 5.73. The number of hydrogen-bond acceptors (Lipinski definition) is 3. The number of amides is 1. The van der Waals surface area contributed by atoms with Crippen molar-refractivity contribution in [1.82, 2.24) is 14.2 Å². The molecule has 0 saturated carbocycles. The fraction of sp³-hybridized carbons (Fsp3) is 0.222. The molecule has 2 heterocycles. The molecule has 0 aliphatic carbocycles. The van der Waals surface area contributed by atoms with Gasteiger partial charge in [-0.15, -0.1) is 0 Å². The molecule has 1 amide bonds. The zero-order valence-electron chi connectivity index (χ0n) is 8.17. The lowest BCUT2D eigenvalue weighted by Gasteiger charge is -2.01. The highest BCUT2D eigenvalue weighted by atomic mass is 16.2. The SMILES string of the molecule is Cc1cc2c(=O)n(CC(N)=O)ccn2n1. The zero-order valence-corrected chi connectivity index (χ0v) is 8.17. The van der Waals surface area contributed by atoms with Crippen LogP contribution in [0.15, 0.2) is 23.3 Å². The standard InChI is InChI=1S/C9H10N4O2/c1-6-4-7-9(15)12(5-8(10)14)2-3-13(7)11-6/h2-4H,5H2,1H3,(H2,10,14). The van der Waals surface area contributed by atoms with E-state index in [4.69, 9.17) is 5.73 Å². The molecule has 0 spiro atoms. The van der Waals surface area contributed by atoms with Gasteiger partial charge in [-0.2, -0.15) is 5.10 Å². The number of carbonyl (C=O) groups is 1. The average molecular weight is 206 g/mol. The molecule has 2 rings (SSSR count). The van der Waals surface area contributed by atoms with E-state index in [9.17, 15) is 9.59 Å². The number of fused-ring (bicyclic) bond motifs is 1. The van der Waals surface area contributed by atoms with Gasteiger partial charge in [-0.25, -0.2) is 4.52 Å². The van der Waals surface area contributed by atoms with Gasteiger partial charge in [0.2, 0.25) is 5.91 Å². The van der Waals surface area contributed by atoms with E-state index >= 15 is 0 Å². The van der Waals surface area contributed by atoms with Crippen molar-refractivity contribution in [1.29, 1.82) is 0 Å². The van der Waals surface area contributed by atoms with Crippen LogP contribution in [-0.2, 0) is 11.3 Å². The molecule has 0 aromatic carbocycles. The van der Waals surface area contributed by atoms with Crippen LogP contribution in [-0.4, -0.2) is 20.1 Å². The van der Waals surface area contributed by atoms with Crippen molar-refractivity contribution in [2.24, 2.45) is 5.73 Å². The molecule has 15 heavy (non-hydrogen) atoms. The van der Waals surface area contributed by atoms with E-state index in [1.807, 2.05) is 0 Å². The summed E-state index contributed by atoms with van der Waals surface area (Å²) in [6.07, 6.45) is 3.11. The van der Waals surface area contributed by atoms with Crippen LogP contribution in [0.25, 0.3) is 5.52 Å². The van der Waals surface area contributed by atoms with E-state index < -0.39 is 5.91 Å². The minimum atomic E-state index is -0.544. The fourth-order valence-corrected chi connectivity index (χ4v) is 1.44. The molecule has 6 heteroatoms. The van der Waals surface area contributed by atoms with Gasteiger partial charge in [0.1, 0.15) is 12.1 Å². The number of aromatic nitrogens is 3. The first-order valence-corrected chi connectivity index (χ1v) is 4.41. The Morgan fingerprint density at radius 2 is 2.27 bits per heavy atom. The molecule has 0 fully saturated rings. The van der Waals surface area contributed by atoms with Crippen LogP contribution >= 0.6 is 0 Å². The first-order chi connectivity index (χ1) is 7.08. The van der Waals surface area contributed by atoms with Crippen molar-refractivity contribution in [3.05, 3.63) is 34.5 Å². The van der Waals surface area contributed by atoms with Crippen molar-refractivity contribution in [3.63, 3.8) is 0 Å². The Labute approximate surface area is 84.9 Å². The predicted octanol–water partition coefficient (Wildman–Crippen LogP) is -0.710. The summed E-state index contributed by atoms with van der Waals surface area (Å²) in [5, 5.41) is 4.08. The third kappa shape index (κ3) is 1.61. The second-order valence-electron chi connectivity index (χ2n) is 3.31. The molecule has 0 radical (unpaired) electrons. The van der Waals surface area contributed by atoms with E-state index in [2.05, 4.69) is 5.10 Å². The van der Waals surface area contributed by atoms with Crippen LogP contribution in [0.4, 0.5) is 0 Å². The molecule has 6 nitrogen and oxygen atoms in total. The first kappa shape index (κ1) is 9.45. The quantitative estimate of drug-likeness (QED) is 0.704. The summed E-state index contributed by atoms with van der Waals surface area (Å²) in [6, 6.07) is 1.67. The van der Waals surface area contributed by atoms with Gasteiger partial charge in [0.05, 0.1) is 5.69 Å². The Hall–Kier alpha value is -2.11. The van der Waals surface area contributed by atoms with Crippen LogP contribution in [0.3, 0.4) is 0 Å². The van der Waals surface area contributed by atoms with E-state index in [0.717, 1.165) is 5.69 Å². The summed E-state index contributed by atoms with van der Waals surface area (Å²) in [4.78, 5) is 22.5. The predicted molar refractivity (Wildman–Crippen MR) is 53.4 cm³/mol. The number of rotatable bonds is 2. The van der Waals surface area contributed by atoms with Gasteiger partial charge in [0.15, 0.2) is 0 Å². The first-order valence-electron chi connectivity index (χ1n) is 4.41. The van der Waals surface area contributed by atoms with Gasteiger partial charge in [0, 0.05) is 12.4 Å². The number of nitrogens with zero attached hydrogens (tertiary/aromatic N) is 3. The third-order valence-electron chi connectivity index (χ3n) is 2.05. The summed E-state index contributed by atoms with van der Waals surface area (Å²) in [6.45, 7) is 1.68. The van der Waals surface area contributed by atoms with Crippen LogP contribution in [0.5, 0.6) is 0 Å². The summed E-state index contributed by atoms with van der Waals surface area (Å²) in [7, 11) is 0. The summed E-state index contributed by atoms with van der Waals surface area (Å²) < 4.78 is 2.74. The largest absolute Gasteiger partial charge is 0.368 e. The van der Waals surface area contributed by atoms with Gasteiger partial charge in [-0.05, 0) is 13.0 Å². The molecule has 0 saturated heterocycles. The van der Waals surface area contributed by atoms with Crippen LogP contribution < -0.4 is 11.3 Å². The highest BCUT2D eigenvalue weighted by Crippen LogP contribution is 1.99. The van der Waals surface area contributed by atoms with Crippen LogP contribution in [0.2, 0.25) is 0 Å². The lowest BCUT2D eigenvalue weighted by molar-refractivity contribution is -0.118. The fourth-order valence-electron chi connectivity index (χ4n) is 1.44. The van der Waals surface area contributed by atoms with Crippen molar-refractivity contribution in [2.75, 3.05) is 0 Å². The zero-order chi connectivity index (χ0) is 11.0. The molecule has 2 N–H and O–H groups in total. The Bertz CT molecular complexity index is 581. The number of primary amides is 1. The molecular formula is C9H10N4O2. The molecule has 0 aliphatic rings. The molecule has 2 aromatic rings. The lowest BCUT2D eigenvalue weighted by atomic mass is 10.4. The Kier molecular flexibility index (Phi) is 2.03. The molecular weight excluding hydrogens is 196 g/mol. The number of carbonyl (C=O) groups excluding carboxylic acids is 1. The second-order valence-corrected chi connectivity index (χ2v) is 3.31. The van der Waals surface area contributed by atoms with E-state index in [1.54, 1.807) is 19.2 Å². The second kappa shape index (κ2) is 3.23. The third-order valence-corrected chi connectivity index (χ3v) is 2.05. The summed E-state index contributed by atoms with van der Waals surface area (Å²) in [5.74, 6) is -0.544. The molecule has 2 aromatic heterocycles. The van der Waals surface area contributed by atoms with E-state index in [-0.39, 0.29) is 12.1 Å². The average Bonchev–Trinajstić information content (AvgIpc) is 2.51. The number of aryl methyl sites for hydroxylation is 1. The maximum absolute atomic E-state index is 11.8. The van der Waals surface area contributed by atoms with Crippen molar-refractivity contribution in [2.45, 2.75) is 13.5 Å². The van der Waals surface area contributed by atoms with E-state index in [0.29, 0.717) is 5.52 Å². The monoisotopic (exact) mass is 206 g/mol. The molecule has 78 valence electrons. The Balaban J connectivity index is 2.64. The van der Waals surface area contributed by atoms with Crippen molar-refractivity contribution in [3.8, 4) is 0 Å². The van der Waals surface area contributed by atoms with Gasteiger partial charge in [-0.1, -0.05) is 0 Å². The minimum Gasteiger partial charge on any atom is -0.368 e. The number of nitrogens with two attached hydrogens (primary N) is 1. The molecule has 0 bridgehead atoms. The Morgan fingerprint density at radius 3 is 2.93 bits per heavy atom. The van der Waals surface area contributed by atoms with Crippen LogP contribution in [0.1, 0.15) is 5.69 Å². The van der Waals surface area contributed by atoms with Gasteiger partial charge in [-0.3, -0.25) is 9.59 Å². The molecule has 0 aliphatic heterocycles. The highest BCUT2D eigenvalue weighted by Gasteiger charge is 2.06. The normalized spacial score (nSPS) is 10.7. The summed E-state index contributed by atoms with van der Waals surface area (Å²) in [5.41, 5.74) is 5.95. The van der Waals surface area contributed by atoms with Crippen molar-refractivity contribution < 1.29 is 4.79 Å². The topological polar surface area (TPSA) is 82.4 Å². The van der Waals surface area contributed by atoms with E-state index in [1.165, 1.54) is 15.3 Å². The smallest absolute Gasteiger partial charge is 0.277 e. The van der Waals surface area contributed by atoms with Crippen LogP contribution in [0, 0.1) is 6.92 Å². The van der Waals surface area contributed by atoms with Gasteiger partial charge < -0.3 is 10.3 Å². The van der Waals surface area contributed by atoms with Gasteiger partial charge in [0.25, 0.3) is 5.56 Å².